The molecular weight excluding hydrogens is 279 g/mol. The van der Waals surface area contributed by atoms with Crippen molar-refractivity contribution >= 4 is 28.7 Å². The highest BCUT2D eigenvalue weighted by atomic mass is 35.5. The number of hydrogen-bond acceptors (Lipinski definition) is 2. The van der Waals surface area contributed by atoms with Gasteiger partial charge in [0.15, 0.2) is 5.78 Å². The zero-order valence-corrected chi connectivity index (χ0v) is 11.1. The first-order valence-electron chi connectivity index (χ1n) is 5.85. The van der Waals surface area contributed by atoms with Gasteiger partial charge in [0, 0.05) is 5.56 Å². The standard InChI is InChI=1S/C16H10ClFO2/c17-15(19)10-9-11-5-1-2-6-12(11)16(20)13-7-3-4-8-14(13)18/h1-10H/b10-9+. The molecule has 2 rings (SSSR count). The first-order chi connectivity index (χ1) is 9.59. The van der Waals surface area contributed by atoms with Crippen molar-refractivity contribution in [3.8, 4) is 0 Å². The Labute approximate surface area is 120 Å². The monoisotopic (exact) mass is 288 g/mol. The molecule has 0 N–H and O–H groups in total. The summed E-state index contributed by atoms with van der Waals surface area (Å²) in [6.45, 7) is 0. The average molecular weight is 289 g/mol. The highest BCUT2D eigenvalue weighted by Gasteiger charge is 2.15. The lowest BCUT2D eigenvalue weighted by Gasteiger charge is -2.06. The average Bonchev–Trinajstić information content (AvgIpc) is 2.45. The van der Waals surface area contributed by atoms with Gasteiger partial charge in [0.25, 0.3) is 0 Å². The predicted molar refractivity (Wildman–Crippen MR) is 76.2 cm³/mol. The Morgan fingerprint density at radius 2 is 1.55 bits per heavy atom. The van der Waals surface area contributed by atoms with Crippen molar-refractivity contribution in [2.24, 2.45) is 0 Å². The minimum absolute atomic E-state index is 0.00875. The van der Waals surface area contributed by atoms with Gasteiger partial charge in [-0.25, -0.2) is 4.39 Å². The molecule has 2 nitrogen and oxygen atoms in total. The van der Waals surface area contributed by atoms with Crippen LogP contribution >= 0.6 is 11.6 Å². The number of carbonyl (C=O) groups excluding carboxylic acids is 2. The molecule has 0 bridgehead atoms. The molecule has 4 heteroatoms. The van der Waals surface area contributed by atoms with Crippen molar-refractivity contribution in [2.75, 3.05) is 0 Å². The molecule has 0 spiro atoms. The second kappa shape index (κ2) is 6.26. The molecule has 0 aliphatic rings. The van der Waals surface area contributed by atoms with Crippen LogP contribution in [0.2, 0.25) is 0 Å². The summed E-state index contributed by atoms with van der Waals surface area (Å²) in [6.07, 6.45) is 2.58. The molecule has 0 radical (unpaired) electrons. The summed E-state index contributed by atoms with van der Waals surface area (Å²) in [6, 6.07) is 12.4. The van der Waals surface area contributed by atoms with Gasteiger partial charge in [0.1, 0.15) is 5.82 Å². The van der Waals surface area contributed by atoms with Gasteiger partial charge in [-0.2, -0.15) is 0 Å². The van der Waals surface area contributed by atoms with Crippen LogP contribution in [-0.4, -0.2) is 11.0 Å². The largest absolute Gasteiger partial charge is 0.288 e. The van der Waals surface area contributed by atoms with E-state index in [1.165, 1.54) is 24.3 Å². The predicted octanol–water partition coefficient (Wildman–Crippen LogP) is 3.84. The minimum atomic E-state index is -0.641. The Morgan fingerprint density at radius 3 is 2.20 bits per heavy atom. The molecule has 0 aromatic heterocycles. The molecule has 0 amide bonds. The molecule has 0 aliphatic heterocycles. The van der Waals surface area contributed by atoms with Crippen LogP contribution in [0.15, 0.2) is 54.6 Å². The van der Waals surface area contributed by atoms with E-state index in [1.807, 2.05) is 0 Å². The van der Waals surface area contributed by atoms with Crippen LogP contribution in [-0.2, 0) is 4.79 Å². The van der Waals surface area contributed by atoms with Crippen molar-refractivity contribution in [3.05, 3.63) is 77.1 Å². The van der Waals surface area contributed by atoms with E-state index < -0.39 is 16.8 Å². The quantitative estimate of drug-likeness (QED) is 0.487. The molecule has 0 fully saturated rings. The van der Waals surface area contributed by atoms with Crippen LogP contribution in [0.3, 0.4) is 0 Å². The normalized spacial score (nSPS) is 10.7. The first-order valence-corrected chi connectivity index (χ1v) is 6.23. The number of carbonyl (C=O) groups is 2. The van der Waals surface area contributed by atoms with E-state index in [2.05, 4.69) is 0 Å². The van der Waals surface area contributed by atoms with Gasteiger partial charge in [-0.1, -0.05) is 36.4 Å². The Morgan fingerprint density at radius 1 is 0.950 bits per heavy atom. The molecule has 2 aromatic rings. The summed E-state index contributed by atoms with van der Waals surface area (Å²) in [5, 5.41) is -0.641. The summed E-state index contributed by atoms with van der Waals surface area (Å²) in [5.74, 6) is -1.02. The van der Waals surface area contributed by atoms with Crippen LogP contribution in [0.4, 0.5) is 4.39 Å². The van der Waals surface area contributed by atoms with Crippen molar-refractivity contribution in [1.29, 1.82) is 0 Å². The molecule has 0 saturated heterocycles. The fourth-order valence-corrected chi connectivity index (χ4v) is 1.86. The van der Waals surface area contributed by atoms with E-state index in [0.717, 1.165) is 6.08 Å². The summed E-state index contributed by atoms with van der Waals surface area (Å²) in [7, 11) is 0. The van der Waals surface area contributed by atoms with Crippen LogP contribution in [0.5, 0.6) is 0 Å². The maximum absolute atomic E-state index is 13.7. The summed E-state index contributed by atoms with van der Waals surface area (Å²) in [4.78, 5) is 23.1. The smallest absolute Gasteiger partial charge is 0.245 e. The van der Waals surface area contributed by atoms with Crippen LogP contribution in [0.1, 0.15) is 21.5 Å². The molecule has 0 aliphatic carbocycles. The van der Waals surface area contributed by atoms with Crippen molar-refractivity contribution in [1.82, 2.24) is 0 Å². The van der Waals surface area contributed by atoms with E-state index in [4.69, 9.17) is 11.6 Å². The third-order valence-corrected chi connectivity index (χ3v) is 2.84. The number of rotatable bonds is 4. The molecule has 0 saturated carbocycles. The van der Waals surface area contributed by atoms with Gasteiger partial charge in [-0.15, -0.1) is 0 Å². The second-order valence-corrected chi connectivity index (χ2v) is 4.41. The van der Waals surface area contributed by atoms with Crippen LogP contribution in [0.25, 0.3) is 6.08 Å². The molecule has 0 atom stereocenters. The van der Waals surface area contributed by atoms with Gasteiger partial charge in [-0.3, -0.25) is 9.59 Å². The first kappa shape index (κ1) is 14.2. The third-order valence-electron chi connectivity index (χ3n) is 2.72. The van der Waals surface area contributed by atoms with Gasteiger partial charge < -0.3 is 0 Å². The third kappa shape index (κ3) is 3.19. The van der Waals surface area contributed by atoms with Crippen LogP contribution < -0.4 is 0 Å². The Hall–Kier alpha value is -2.26. The van der Waals surface area contributed by atoms with Crippen LogP contribution in [0, 0.1) is 5.82 Å². The zero-order chi connectivity index (χ0) is 14.5. The van der Waals surface area contributed by atoms with Crippen molar-refractivity contribution in [2.45, 2.75) is 0 Å². The zero-order valence-electron chi connectivity index (χ0n) is 10.3. The molecule has 20 heavy (non-hydrogen) atoms. The molecular formula is C16H10ClFO2. The number of halogens is 2. The van der Waals surface area contributed by atoms with Gasteiger partial charge in [0.05, 0.1) is 5.56 Å². The fourth-order valence-electron chi connectivity index (χ4n) is 1.79. The molecule has 0 unspecified atom stereocenters. The van der Waals surface area contributed by atoms with Gasteiger partial charge in [0.2, 0.25) is 5.24 Å². The fraction of sp³-hybridized carbons (Fsp3) is 0. The molecule has 100 valence electrons. The maximum atomic E-state index is 13.7. The summed E-state index contributed by atoms with van der Waals surface area (Å²) in [5.41, 5.74) is 0.812. The molecule has 0 heterocycles. The van der Waals surface area contributed by atoms with E-state index in [0.29, 0.717) is 11.1 Å². The van der Waals surface area contributed by atoms with E-state index in [-0.39, 0.29) is 5.56 Å². The van der Waals surface area contributed by atoms with E-state index in [9.17, 15) is 14.0 Å². The van der Waals surface area contributed by atoms with Gasteiger partial charge >= 0.3 is 0 Å². The van der Waals surface area contributed by atoms with E-state index >= 15 is 0 Å². The van der Waals surface area contributed by atoms with Crippen molar-refractivity contribution < 1.29 is 14.0 Å². The number of ketones is 1. The highest BCUT2D eigenvalue weighted by molar-refractivity contribution is 6.66. The Bertz CT molecular complexity index is 692. The Balaban J connectivity index is 2.46. The lowest BCUT2D eigenvalue weighted by molar-refractivity contribution is -0.107. The lowest BCUT2D eigenvalue weighted by Crippen LogP contribution is -2.06. The topological polar surface area (TPSA) is 34.1 Å². The second-order valence-electron chi connectivity index (χ2n) is 4.03. The summed E-state index contributed by atoms with van der Waals surface area (Å²) >= 11 is 5.23. The Kier molecular flexibility index (Phi) is 4.43. The lowest BCUT2D eigenvalue weighted by atomic mass is 9.98. The van der Waals surface area contributed by atoms with Crippen molar-refractivity contribution in [3.63, 3.8) is 0 Å². The number of benzene rings is 2. The maximum Gasteiger partial charge on any atom is 0.245 e. The minimum Gasteiger partial charge on any atom is -0.288 e. The highest BCUT2D eigenvalue weighted by Crippen LogP contribution is 2.18. The number of allylic oxidation sites excluding steroid dienone is 1. The van der Waals surface area contributed by atoms with Gasteiger partial charge in [-0.05, 0) is 41.4 Å². The number of hydrogen-bond donors (Lipinski definition) is 0. The molecule has 2 aromatic carbocycles. The SMILES string of the molecule is O=C(Cl)/C=C/c1ccccc1C(=O)c1ccccc1F. The summed E-state index contributed by atoms with van der Waals surface area (Å²) < 4.78 is 13.7. The van der Waals surface area contributed by atoms with E-state index in [1.54, 1.807) is 30.3 Å².